The molecule has 2 amide bonds. The molecule has 0 saturated heterocycles. The average molecular weight is 291 g/mol. The van der Waals surface area contributed by atoms with E-state index in [2.05, 4.69) is 20.7 Å². The van der Waals surface area contributed by atoms with Crippen molar-refractivity contribution in [1.29, 1.82) is 0 Å². The Labute approximate surface area is 122 Å². The van der Waals surface area contributed by atoms with Gasteiger partial charge in [0.1, 0.15) is 18.5 Å². The highest BCUT2D eigenvalue weighted by atomic mass is 19.1. The number of carbonyl (C=O) groups excluding carboxylic acids is 1. The largest absolute Gasteiger partial charge is 0.338 e. The van der Waals surface area contributed by atoms with Crippen LogP contribution in [0.15, 0.2) is 36.9 Å². The Balaban J connectivity index is 1.67. The van der Waals surface area contributed by atoms with Crippen molar-refractivity contribution in [3.63, 3.8) is 0 Å². The van der Waals surface area contributed by atoms with Gasteiger partial charge in [-0.15, -0.1) is 0 Å². The minimum Gasteiger partial charge on any atom is -0.338 e. The zero-order valence-corrected chi connectivity index (χ0v) is 11.8. The van der Waals surface area contributed by atoms with Crippen LogP contribution in [0.1, 0.15) is 24.9 Å². The van der Waals surface area contributed by atoms with Gasteiger partial charge in [-0.2, -0.15) is 5.10 Å². The first-order valence-corrected chi connectivity index (χ1v) is 6.77. The van der Waals surface area contributed by atoms with Gasteiger partial charge in [0.25, 0.3) is 0 Å². The number of aromatic nitrogens is 3. The average Bonchev–Trinajstić information content (AvgIpc) is 2.97. The van der Waals surface area contributed by atoms with Gasteiger partial charge in [-0.05, 0) is 31.0 Å². The van der Waals surface area contributed by atoms with Crippen LogP contribution in [0.3, 0.4) is 0 Å². The molecule has 1 atom stereocenters. The second-order valence-corrected chi connectivity index (χ2v) is 4.69. The van der Waals surface area contributed by atoms with Gasteiger partial charge in [-0.3, -0.25) is 4.68 Å². The number of aryl methyl sites for hydroxylation is 1. The normalized spacial score (nSPS) is 11.9. The van der Waals surface area contributed by atoms with Gasteiger partial charge in [-0.25, -0.2) is 14.2 Å². The van der Waals surface area contributed by atoms with Crippen LogP contribution >= 0.6 is 0 Å². The van der Waals surface area contributed by atoms with Gasteiger partial charge in [-0.1, -0.05) is 12.1 Å². The molecule has 0 saturated carbocycles. The van der Waals surface area contributed by atoms with E-state index < -0.39 is 0 Å². The van der Waals surface area contributed by atoms with E-state index in [-0.39, 0.29) is 17.9 Å². The molecule has 0 spiro atoms. The standard InChI is InChI=1S/C14H18FN5O/c1-11(12-3-5-13(15)6-4-12)19-14(21)17-7-2-8-20-10-16-9-18-20/h3-6,9-11H,2,7-8H2,1H3,(H2,17,19,21). The van der Waals surface area contributed by atoms with Crippen LogP contribution in [0.4, 0.5) is 9.18 Å². The minimum atomic E-state index is -0.288. The molecule has 2 aromatic rings. The number of carbonyl (C=O) groups is 1. The predicted molar refractivity (Wildman–Crippen MR) is 76.0 cm³/mol. The van der Waals surface area contributed by atoms with Crippen molar-refractivity contribution in [2.75, 3.05) is 6.54 Å². The van der Waals surface area contributed by atoms with Crippen molar-refractivity contribution in [2.45, 2.75) is 25.9 Å². The molecule has 1 heterocycles. The summed E-state index contributed by atoms with van der Waals surface area (Å²) < 4.78 is 14.5. The van der Waals surface area contributed by atoms with Gasteiger partial charge < -0.3 is 10.6 Å². The summed E-state index contributed by atoms with van der Waals surface area (Å²) in [5, 5.41) is 9.55. The number of nitrogens with one attached hydrogen (secondary N) is 2. The molecule has 6 nitrogen and oxygen atoms in total. The van der Waals surface area contributed by atoms with E-state index in [0.29, 0.717) is 13.1 Å². The number of hydrogen-bond donors (Lipinski definition) is 2. The monoisotopic (exact) mass is 291 g/mol. The Morgan fingerprint density at radius 2 is 2.14 bits per heavy atom. The molecule has 2 rings (SSSR count). The van der Waals surface area contributed by atoms with E-state index in [1.807, 2.05) is 6.92 Å². The Hall–Kier alpha value is -2.44. The second kappa shape index (κ2) is 7.37. The first-order valence-electron chi connectivity index (χ1n) is 6.77. The molecule has 0 aliphatic carbocycles. The van der Waals surface area contributed by atoms with Gasteiger partial charge in [0.05, 0.1) is 6.04 Å². The third kappa shape index (κ3) is 4.87. The van der Waals surface area contributed by atoms with E-state index in [0.717, 1.165) is 12.0 Å². The lowest BCUT2D eigenvalue weighted by Gasteiger charge is -2.15. The SMILES string of the molecule is CC(NC(=O)NCCCn1cncn1)c1ccc(F)cc1. The zero-order chi connectivity index (χ0) is 15.1. The Bertz CT molecular complexity index is 555. The number of benzene rings is 1. The summed E-state index contributed by atoms with van der Waals surface area (Å²) in [7, 11) is 0. The van der Waals surface area contributed by atoms with E-state index >= 15 is 0 Å². The minimum absolute atomic E-state index is 0.180. The summed E-state index contributed by atoms with van der Waals surface area (Å²) in [6, 6.07) is 5.65. The molecule has 1 aromatic carbocycles. The maximum absolute atomic E-state index is 12.8. The first-order chi connectivity index (χ1) is 10.1. The van der Waals surface area contributed by atoms with E-state index in [4.69, 9.17) is 0 Å². The fourth-order valence-corrected chi connectivity index (χ4v) is 1.87. The van der Waals surface area contributed by atoms with Crippen molar-refractivity contribution in [3.8, 4) is 0 Å². The summed E-state index contributed by atoms with van der Waals surface area (Å²) in [4.78, 5) is 15.6. The maximum Gasteiger partial charge on any atom is 0.315 e. The number of rotatable bonds is 6. The quantitative estimate of drug-likeness (QED) is 0.798. The first kappa shape index (κ1) is 15.0. The van der Waals surface area contributed by atoms with Crippen molar-refractivity contribution in [2.24, 2.45) is 0 Å². The molecule has 0 bridgehead atoms. The number of halogens is 1. The van der Waals surface area contributed by atoms with Crippen LogP contribution in [-0.4, -0.2) is 27.3 Å². The van der Waals surface area contributed by atoms with Gasteiger partial charge in [0.15, 0.2) is 0 Å². The highest BCUT2D eigenvalue weighted by molar-refractivity contribution is 5.74. The highest BCUT2D eigenvalue weighted by Crippen LogP contribution is 2.12. The molecular formula is C14H18FN5O. The van der Waals surface area contributed by atoms with Gasteiger partial charge >= 0.3 is 6.03 Å². The van der Waals surface area contributed by atoms with Crippen molar-refractivity contribution >= 4 is 6.03 Å². The molecule has 1 unspecified atom stereocenters. The van der Waals surface area contributed by atoms with Crippen molar-refractivity contribution < 1.29 is 9.18 Å². The number of nitrogens with zero attached hydrogens (tertiary/aromatic N) is 3. The summed E-state index contributed by atoms with van der Waals surface area (Å²) in [5.74, 6) is -0.288. The molecule has 7 heteroatoms. The molecule has 0 radical (unpaired) electrons. The molecule has 112 valence electrons. The zero-order valence-electron chi connectivity index (χ0n) is 11.8. The molecule has 0 fully saturated rings. The van der Waals surface area contributed by atoms with Crippen LogP contribution in [0, 0.1) is 5.82 Å². The van der Waals surface area contributed by atoms with Crippen LogP contribution in [0.5, 0.6) is 0 Å². The fourth-order valence-electron chi connectivity index (χ4n) is 1.87. The van der Waals surface area contributed by atoms with E-state index in [9.17, 15) is 9.18 Å². The van der Waals surface area contributed by atoms with E-state index in [1.54, 1.807) is 23.1 Å². The third-order valence-electron chi connectivity index (χ3n) is 3.03. The molecule has 1 aromatic heterocycles. The Morgan fingerprint density at radius 1 is 1.38 bits per heavy atom. The summed E-state index contributed by atoms with van der Waals surface area (Å²) in [5.41, 5.74) is 0.856. The third-order valence-corrected chi connectivity index (χ3v) is 3.03. The van der Waals surface area contributed by atoms with Crippen molar-refractivity contribution in [1.82, 2.24) is 25.4 Å². The Kier molecular flexibility index (Phi) is 5.25. The number of urea groups is 1. The molecule has 0 aliphatic rings. The summed E-state index contributed by atoms with van der Waals surface area (Å²) >= 11 is 0. The lowest BCUT2D eigenvalue weighted by molar-refractivity contribution is 0.237. The van der Waals surface area contributed by atoms with Crippen LogP contribution in [0.2, 0.25) is 0 Å². The summed E-state index contributed by atoms with van der Waals surface area (Å²) in [6.45, 7) is 3.10. The molecule has 0 aliphatic heterocycles. The predicted octanol–water partition coefficient (Wildman–Crippen LogP) is 1.87. The van der Waals surface area contributed by atoms with Crippen LogP contribution < -0.4 is 10.6 Å². The van der Waals surface area contributed by atoms with Gasteiger partial charge in [0, 0.05) is 13.1 Å². The fraction of sp³-hybridized carbons (Fsp3) is 0.357. The van der Waals surface area contributed by atoms with Gasteiger partial charge in [0.2, 0.25) is 0 Å². The Morgan fingerprint density at radius 3 is 2.81 bits per heavy atom. The maximum atomic E-state index is 12.8. The smallest absolute Gasteiger partial charge is 0.315 e. The molecule has 2 N–H and O–H groups in total. The highest BCUT2D eigenvalue weighted by Gasteiger charge is 2.08. The lowest BCUT2D eigenvalue weighted by Crippen LogP contribution is -2.37. The lowest BCUT2D eigenvalue weighted by atomic mass is 10.1. The topological polar surface area (TPSA) is 71.8 Å². The van der Waals surface area contributed by atoms with Crippen LogP contribution in [-0.2, 0) is 6.54 Å². The number of hydrogen-bond acceptors (Lipinski definition) is 3. The summed E-state index contributed by atoms with van der Waals surface area (Å²) in [6.07, 6.45) is 3.88. The van der Waals surface area contributed by atoms with Crippen molar-refractivity contribution in [3.05, 3.63) is 48.3 Å². The molecular weight excluding hydrogens is 273 g/mol. The van der Waals surface area contributed by atoms with Crippen LogP contribution in [0.25, 0.3) is 0 Å². The molecule has 21 heavy (non-hydrogen) atoms. The number of amides is 2. The second-order valence-electron chi connectivity index (χ2n) is 4.69. The van der Waals surface area contributed by atoms with E-state index in [1.165, 1.54) is 18.5 Å².